The predicted octanol–water partition coefficient (Wildman–Crippen LogP) is 1.25. The van der Waals surface area contributed by atoms with Crippen LogP contribution < -0.4 is 0 Å². The van der Waals surface area contributed by atoms with Crippen molar-refractivity contribution in [2.45, 2.75) is 19.3 Å². The van der Waals surface area contributed by atoms with Gasteiger partial charge >= 0.3 is 0 Å². The van der Waals surface area contributed by atoms with E-state index >= 15 is 0 Å². The maximum atomic E-state index is 11.9. The van der Waals surface area contributed by atoms with E-state index < -0.39 is 11.8 Å². The Bertz CT molecular complexity index is 141. The molecule has 1 heterocycles. The van der Waals surface area contributed by atoms with E-state index in [9.17, 15) is 13.6 Å². The van der Waals surface area contributed by atoms with E-state index in [0.29, 0.717) is 19.3 Å². The van der Waals surface area contributed by atoms with Crippen LogP contribution in [0.2, 0.25) is 0 Å². The second-order valence-corrected chi connectivity index (χ2v) is 2.88. The molecule has 1 saturated heterocycles. The van der Waals surface area contributed by atoms with Gasteiger partial charge in [-0.1, -0.05) is 0 Å². The van der Waals surface area contributed by atoms with Crippen molar-refractivity contribution in [3.63, 3.8) is 0 Å². The second-order valence-electron chi connectivity index (χ2n) is 2.88. The summed E-state index contributed by atoms with van der Waals surface area (Å²) in [7, 11) is 0. The third-order valence-corrected chi connectivity index (χ3v) is 1.94. The fourth-order valence-corrected chi connectivity index (χ4v) is 1.23. The van der Waals surface area contributed by atoms with E-state index in [1.54, 1.807) is 0 Å². The smallest absolute Gasteiger partial charge is 0.239 e. The van der Waals surface area contributed by atoms with E-state index in [4.69, 9.17) is 4.74 Å². The molecule has 0 radical (unpaired) electrons. The average molecular weight is 164 g/mol. The number of carbonyl (C=O) groups excluding carboxylic acids is 1. The minimum absolute atomic E-state index is 0.154. The van der Waals surface area contributed by atoms with Crippen LogP contribution in [0.5, 0.6) is 0 Å². The first kappa shape index (κ1) is 8.59. The van der Waals surface area contributed by atoms with Crippen LogP contribution in [0.1, 0.15) is 12.8 Å². The van der Waals surface area contributed by atoms with Crippen LogP contribution in [0.4, 0.5) is 8.78 Å². The summed E-state index contributed by atoms with van der Waals surface area (Å²) in [5, 5.41) is 0. The number of rotatable bonds is 3. The molecule has 0 spiro atoms. The summed E-state index contributed by atoms with van der Waals surface area (Å²) < 4.78 is 28.7. The Labute approximate surface area is 63.5 Å². The zero-order valence-electron chi connectivity index (χ0n) is 6.06. The minimum Gasteiger partial charge on any atom is -0.380 e. The molecule has 0 N–H and O–H groups in total. The van der Waals surface area contributed by atoms with E-state index in [1.165, 1.54) is 0 Å². The lowest BCUT2D eigenvalue weighted by Gasteiger charge is -2.18. The van der Waals surface area contributed by atoms with Gasteiger partial charge in [0.15, 0.2) is 0 Å². The lowest BCUT2D eigenvalue weighted by Crippen LogP contribution is -2.25. The Balaban J connectivity index is 2.52. The molecule has 0 aromatic heterocycles. The molecular weight excluding hydrogens is 154 g/mol. The minimum atomic E-state index is -2.41. The summed E-state index contributed by atoms with van der Waals surface area (Å²) in [6, 6.07) is 0. The third-order valence-electron chi connectivity index (χ3n) is 1.94. The highest BCUT2D eigenvalue weighted by molar-refractivity contribution is 5.60. The Morgan fingerprint density at radius 3 is 2.73 bits per heavy atom. The largest absolute Gasteiger partial charge is 0.380 e. The van der Waals surface area contributed by atoms with Crippen molar-refractivity contribution < 1.29 is 18.3 Å². The van der Waals surface area contributed by atoms with Crippen molar-refractivity contribution in [3.05, 3.63) is 0 Å². The van der Waals surface area contributed by atoms with Crippen LogP contribution in [-0.4, -0.2) is 25.9 Å². The fraction of sp³-hybridized carbons (Fsp3) is 0.857. The first-order valence-corrected chi connectivity index (χ1v) is 3.51. The zero-order chi connectivity index (χ0) is 8.32. The van der Waals surface area contributed by atoms with Gasteiger partial charge in [0.25, 0.3) is 0 Å². The van der Waals surface area contributed by atoms with Crippen LogP contribution in [0.15, 0.2) is 0 Å². The van der Waals surface area contributed by atoms with E-state index in [1.807, 2.05) is 0 Å². The van der Waals surface area contributed by atoms with Crippen LogP contribution in [0.25, 0.3) is 0 Å². The number of ether oxygens (including phenoxy) is 1. The molecule has 1 aliphatic heterocycles. The molecule has 2 nitrogen and oxygen atoms in total. The molecule has 0 saturated carbocycles. The second kappa shape index (κ2) is 3.26. The molecular formula is C7H10F2O2. The normalized spacial score (nSPS) is 31.2. The fourth-order valence-electron chi connectivity index (χ4n) is 1.23. The van der Waals surface area contributed by atoms with Crippen molar-refractivity contribution in [3.8, 4) is 0 Å². The molecule has 0 bridgehead atoms. The van der Waals surface area contributed by atoms with E-state index in [-0.39, 0.29) is 13.0 Å². The molecule has 1 unspecified atom stereocenters. The highest BCUT2D eigenvalue weighted by atomic mass is 19.3. The molecule has 11 heavy (non-hydrogen) atoms. The number of halogens is 2. The zero-order valence-corrected chi connectivity index (χ0v) is 6.06. The first-order valence-electron chi connectivity index (χ1n) is 3.51. The molecule has 1 atom stereocenters. The SMILES string of the molecule is O=CC1(CC(F)F)CCOC1. The highest BCUT2D eigenvalue weighted by Gasteiger charge is 2.37. The molecule has 1 aliphatic rings. The van der Waals surface area contributed by atoms with Gasteiger partial charge in [-0.2, -0.15) is 0 Å². The topological polar surface area (TPSA) is 26.3 Å². The van der Waals surface area contributed by atoms with Gasteiger partial charge in [0, 0.05) is 13.0 Å². The van der Waals surface area contributed by atoms with Crippen molar-refractivity contribution in [1.82, 2.24) is 0 Å². The molecule has 0 amide bonds. The number of carbonyl (C=O) groups is 1. The highest BCUT2D eigenvalue weighted by Crippen LogP contribution is 2.32. The quantitative estimate of drug-likeness (QED) is 0.587. The maximum Gasteiger partial charge on any atom is 0.239 e. The number of hydrogen-bond donors (Lipinski definition) is 0. The van der Waals surface area contributed by atoms with E-state index in [2.05, 4.69) is 0 Å². The molecule has 0 aromatic rings. The van der Waals surface area contributed by atoms with Gasteiger partial charge in [0.05, 0.1) is 12.0 Å². The van der Waals surface area contributed by atoms with Gasteiger partial charge in [-0.25, -0.2) is 8.78 Å². The van der Waals surface area contributed by atoms with Crippen molar-refractivity contribution >= 4 is 6.29 Å². The van der Waals surface area contributed by atoms with Crippen LogP contribution in [-0.2, 0) is 9.53 Å². The lowest BCUT2D eigenvalue weighted by atomic mass is 9.86. The molecule has 0 aromatic carbocycles. The van der Waals surface area contributed by atoms with Crippen molar-refractivity contribution in [1.29, 1.82) is 0 Å². The van der Waals surface area contributed by atoms with Gasteiger partial charge in [-0.05, 0) is 6.42 Å². The van der Waals surface area contributed by atoms with Gasteiger partial charge in [-0.3, -0.25) is 0 Å². The lowest BCUT2D eigenvalue weighted by molar-refractivity contribution is -0.118. The Hall–Kier alpha value is -0.510. The summed E-state index contributed by atoms with van der Waals surface area (Å²) in [5.41, 5.74) is -0.895. The third kappa shape index (κ3) is 1.96. The summed E-state index contributed by atoms with van der Waals surface area (Å²) in [6.07, 6.45) is -1.74. The number of alkyl halides is 2. The molecule has 0 aliphatic carbocycles. The summed E-state index contributed by atoms with van der Waals surface area (Å²) in [4.78, 5) is 10.5. The van der Waals surface area contributed by atoms with Gasteiger partial charge < -0.3 is 9.53 Å². The van der Waals surface area contributed by atoms with Crippen molar-refractivity contribution in [2.24, 2.45) is 5.41 Å². The Morgan fingerprint density at radius 2 is 2.36 bits per heavy atom. The van der Waals surface area contributed by atoms with Gasteiger partial charge in [0.2, 0.25) is 6.43 Å². The first-order chi connectivity index (χ1) is 5.18. The van der Waals surface area contributed by atoms with E-state index in [0.717, 1.165) is 0 Å². The van der Waals surface area contributed by atoms with Crippen LogP contribution >= 0.6 is 0 Å². The predicted molar refractivity (Wildman–Crippen MR) is 34.6 cm³/mol. The Kier molecular flexibility index (Phi) is 2.54. The maximum absolute atomic E-state index is 11.9. The van der Waals surface area contributed by atoms with Gasteiger partial charge in [0.1, 0.15) is 6.29 Å². The van der Waals surface area contributed by atoms with Crippen LogP contribution in [0.3, 0.4) is 0 Å². The molecule has 64 valence electrons. The number of aldehydes is 1. The summed E-state index contributed by atoms with van der Waals surface area (Å²) in [5.74, 6) is 0. The van der Waals surface area contributed by atoms with Crippen molar-refractivity contribution in [2.75, 3.05) is 13.2 Å². The average Bonchev–Trinajstić information content (AvgIpc) is 2.36. The summed E-state index contributed by atoms with van der Waals surface area (Å²) >= 11 is 0. The number of hydrogen-bond acceptors (Lipinski definition) is 2. The molecule has 4 heteroatoms. The molecule has 1 fully saturated rings. The Morgan fingerprint density at radius 1 is 1.64 bits per heavy atom. The standard InChI is InChI=1S/C7H10F2O2/c8-6(9)3-7(4-10)1-2-11-5-7/h4,6H,1-3,5H2. The van der Waals surface area contributed by atoms with Gasteiger partial charge in [-0.15, -0.1) is 0 Å². The van der Waals surface area contributed by atoms with Crippen LogP contribution in [0, 0.1) is 5.41 Å². The summed E-state index contributed by atoms with van der Waals surface area (Å²) in [6.45, 7) is 0.576. The molecule has 1 rings (SSSR count). The monoisotopic (exact) mass is 164 g/mol.